The number of hydrogen-bond donors (Lipinski definition) is 0. The largest absolute Gasteiger partial charge is 0.379 e. The highest BCUT2D eigenvalue weighted by molar-refractivity contribution is 7.87. The number of rotatable bonds is 5. The van der Waals surface area contributed by atoms with Crippen molar-refractivity contribution in [2.75, 3.05) is 0 Å². The van der Waals surface area contributed by atoms with Crippen LogP contribution in [0, 0.1) is 10.1 Å². The first kappa shape index (κ1) is 15.0. The van der Waals surface area contributed by atoms with E-state index in [-0.39, 0.29) is 16.3 Å². The van der Waals surface area contributed by atoms with Crippen molar-refractivity contribution in [1.82, 2.24) is 0 Å². The fourth-order valence-electron chi connectivity index (χ4n) is 1.71. The monoisotopic (exact) mass is 307 g/mol. The van der Waals surface area contributed by atoms with Crippen molar-refractivity contribution in [3.63, 3.8) is 0 Å². The van der Waals surface area contributed by atoms with Crippen molar-refractivity contribution in [3.8, 4) is 5.75 Å². The lowest BCUT2D eigenvalue weighted by atomic mass is 10.2. The van der Waals surface area contributed by atoms with Crippen LogP contribution in [0.25, 0.3) is 0 Å². The number of nitro groups is 1. The summed E-state index contributed by atoms with van der Waals surface area (Å²) in [6.07, 6.45) is 0.831. The van der Waals surface area contributed by atoms with Gasteiger partial charge in [0, 0.05) is 12.1 Å². The zero-order valence-corrected chi connectivity index (χ0v) is 12.0. The van der Waals surface area contributed by atoms with Crippen molar-refractivity contribution >= 4 is 15.8 Å². The number of benzene rings is 2. The second-order valence-corrected chi connectivity index (χ2v) is 5.84. The van der Waals surface area contributed by atoms with Gasteiger partial charge in [-0.25, -0.2) is 0 Å². The molecule has 0 aliphatic carbocycles. The van der Waals surface area contributed by atoms with Crippen LogP contribution in [0.2, 0.25) is 0 Å². The molecular formula is C14H13NO5S. The molecule has 0 aromatic heterocycles. The van der Waals surface area contributed by atoms with Gasteiger partial charge in [-0.1, -0.05) is 25.1 Å². The lowest BCUT2D eigenvalue weighted by Crippen LogP contribution is -2.10. The number of nitro benzene ring substituents is 1. The van der Waals surface area contributed by atoms with E-state index >= 15 is 0 Å². The predicted molar refractivity (Wildman–Crippen MR) is 76.7 cm³/mol. The van der Waals surface area contributed by atoms with Crippen LogP contribution in [0.3, 0.4) is 0 Å². The lowest BCUT2D eigenvalue weighted by Gasteiger charge is -2.07. The van der Waals surface area contributed by atoms with E-state index in [1.807, 2.05) is 6.92 Å². The second-order valence-electron chi connectivity index (χ2n) is 4.29. The van der Waals surface area contributed by atoms with Gasteiger partial charge >= 0.3 is 10.1 Å². The summed E-state index contributed by atoms with van der Waals surface area (Å²) in [5.74, 6) is 0.165. The quantitative estimate of drug-likeness (QED) is 0.481. The molecule has 0 saturated heterocycles. The molecule has 0 bridgehead atoms. The maximum atomic E-state index is 12.1. The van der Waals surface area contributed by atoms with Gasteiger partial charge in [0.1, 0.15) is 10.6 Å². The molecule has 0 heterocycles. The summed E-state index contributed by atoms with van der Waals surface area (Å²) in [4.78, 5) is 9.77. The van der Waals surface area contributed by atoms with E-state index in [1.54, 1.807) is 24.3 Å². The Morgan fingerprint density at radius 1 is 1.14 bits per heavy atom. The minimum atomic E-state index is -4.09. The molecule has 21 heavy (non-hydrogen) atoms. The van der Waals surface area contributed by atoms with Gasteiger partial charge in [0.2, 0.25) is 0 Å². The van der Waals surface area contributed by atoms with E-state index in [9.17, 15) is 18.5 Å². The third kappa shape index (κ3) is 3.57. The van der Waals surface area contributed by atoms with Crippen LogP contribution >= 0.6 is 0 Å². The topological polar surface area (TPSA) is 86.5 Å². The van der Waals surface area contributed by atoms with E-state index in [0.717, 1.165) is 18.1 Å². The molecule has 6 nitrogen and oxygen atoms in total. The molecule has 0 N–H and O–H groups in total. The standard InChI is InChI=1S/C14H13NO5S/c1-2-11-6-8-13(9-7-11)20-21(18,19)14-5-3-4-12(10-14)15(16)17/h3-10H,2H2,1H3. The zero-order chi connectivity index (χ0) is 15.5. The van der Waals surface area contributed by atoms with Crippen LogP contribution in [-0.4, -0.2) is 13.3 Å². The van der Waals surface area contributed by atoms with Crippen LogP contribution in [0.1, 0.15) is 12.5 Å². The van der Waals surface area contributed by atoms with Gasteiger partial charge in [-0.3, -0.25) is 10.1 Å². The second kappa shape index (κ2) is 5.92. The minimum absolute atomic E-state index is 0.165. The average molecular weight is 307 g/mol. The summed E-state index contributed by atoms with van der Waals surface area (Å²) >= 11 is 0. The molecular weight excluding hydrogens is 294 g/mol. The first-order valence-electron chi connectivity index (χ1n) is 6.20. The Kier molecular flexibility index (Phi) is 4.23. The fourth-order valence-corrected chi connectivity index (χ4v) is 2.68. The third-order valence-electron chi connectivity index (χ3n) is 2.85. The molecule has 2 aromatic rings. The normalized spacial score (nSPS) is 11.1. The number of non-ortho nitro benzene ring substituents is 1. The van der Waals surface area contributed by atoms with Crippen molar-refractivity contribution in [3.05, 3.63) is 64.2 Å². The molecule has 0 amide bonds. The third-order valence-corrected chi connectivity index (χ3v) is 4.10. The van der Waals surface area contributed by atoms with Crippen LogP contribution in [-0.2, 0) is 16.5 Å². The lowest BCUT2D eigenvalue weighted by molar-refractivity contribution is -0.385. The molecule has 0 fully saturated rings. The highest BCUT2D eigenvalue weighted by Crippen LogP contribution is 2.22. The van der Waals surface area contributed by atoms with Gasteiger partial charge < -0.3 is 4.18 Å². The molecule has 0 aliphatic heterocycles. The summed E-state index contributed by atoms with van der Waals surface area (Å²) in [6.45, 7) is 1.98. The van der Waals surface area contributed by atoms with E-state index in [0.29, 0.717) is 0 Å². The van der Waals surface area contributed by atoms with Crippen LogP contribution in [0.15, 0.2) is 53.4 Å². The van der Waals surface area contributed by atoms with E-state index < -0.39 is 15.0 Å². The van der Waals surface area contributed by atoms with Gasteiger partial charge in [-0.15, -0.1) is 0 Å². The molecule has 2 rings (SSSR count). The summed E-state index contributed by atoms with van der Waals surface area (Å²) < 4.78 is 29.1. The van der Waals surface area contributed by atoms with Gasteiger partial charge in [0.05, 0.1) is 4.92 Å². The van der Waals surface area contributed by atoms with Crippen molar-refractivity contribution in [2.45, 2.75) is 18.2 Å². The summed E-state index contributed by atoms with van der Waals surface area (Å²) in [5.41, 5.74) is 0.746. The average Bonchev–Trinajstić information content (AvgIpc) is 2.48. The maximum absolute atomic E-state index is 12.1. The SMILES string of the molecule is CCc1ccc(OS(=O)(=O)c2cccc([N+](=O)[O-])c2)cc1. The molecule has 0 radical (unpaired) electrons. The summed E-state index contributed by atoms with van der Waals surface area (Å²) in [5, 5.41) is 10.7. The van der Waals surface area contributed by atoms with Gasteiger partial charge in [0.15, 0.2) is 0 Å². The van der Waals surface area contributed by atoms with Crippen molar-refractivity contribution < 1.29 is 17.5 Å². The minimum Gasteiger partial charge on any atom is -0.379 e. The molecule has 0 unspecified atom stereocenters. The maximum Gasteiger partial charge on any atom is 0.339 e. The molecule has 0 saturated carbocycles. The van der Waals surface area contributed by atoms with Crippen molar-refractivity contribution in [2.24, 2.45) is 0 Å². The van der Waals surface area contributed by atoms with Crippen LogP contribution in [0.4, 0.5) is 5.69 Å². The van der Waals surface area contributed by atoms with E-state index in [1.165, 1.54) is 18.2 Å². The van der Waals surface area contributed by atoms with Crippen LogP contribution in [0.5, 0.6) is 5.75 Å². The predicted octanol–water partition coefficient (Wildman–Crippen LogP) is 2.92. The van der Waals surface area contributed by atoms with Crippen LogP contribution < -0.4 is 4.18 Å². The number of hydrogen-bond acceptors (Lipinski definition) is 5. The van der Waals surface area contributed by atoms with Gasteiger partial charge in [-0.05, 0) is 30.2 Å². The fraction of sp³-hybridized carbons (Fsp3) is 0.143. The Hall–Kier alpha value is -2.41. The molecule has 0 spiro atoms. The Labute approximate surface area is 122 Å². The first-order valence-corrected chi connectivity index (χ1v) is 7.61. The number of aryl methyl sites for hydroxylation is 1. The highest BCUT2D eigenvalue weighted by atomic mass is 32.2. The van der Waals surface area contributed by atoms with E-state index in [2.05, 4.69) is 0 Å². The number of nitrogens with zero attached hydrogens (tertiary/aromatic N) is 1. The highest BCUT2D eigenvalue weighted by Gasteiger charge is 2.19. The molecule has 110 valence electrons. The molecule has 0 atom stereocenters. The smallest absolute Gasteiger partial charge is 0.339 e. The summed E-state index contributed by atoms with van der Waals surface area (Å²) in [7, 11) is -4.09. The molecule has 7 heteroatoms. The van der Waals surface area contributed by atoms with Gasteiger partial charge in [0.25, 0.3) is 5.69 Å². The Balaban J connectivity index is 2.29. The first-order chi connectivity index (χ1) is 9.92. The Morgan fingerprint density at radius 2 is 1.81 bits per heavy atom. The zero-order valence-electron chi connectivity index (χ0n) is 11.2. The molecule has 0 aliphatic rings. The van der Waals surface area contributed by atoms with E-state index in [4.69, 9.17) is 4.18 Å². The Bertz CT molecular complexity index is 753. The van der Waals surface area contributed by atoms with Gasteiger partial charge in [-0.2, -0.15) is 8.42 Å². The summed E-state index contributed by atoms with van der Waals surface area (Å²) in [6, 6.07) is 11.4. The molecule has 2 aromatic carbocycles. The van der Waals surface area contributed by atoms with Crippen molar-refractivity contribution in [1.29, 1.82) is 0 Å². The Morgan fingerprint density at radius 3 is 2.38 bits per heavy atom.